The van der Waals surface area contributed by atoms with Gasteiger partial charge in [-0.25, -0.2) is 13.1 Å². The molecule has 0 spiro atoms. The summed E-state index contributed by atoms with van der Waals surface area (Å²) in [6, 6.07) is 5.34. The molecule has 0 saturated carbocycles. The van der Waals surface area contributed by atoms with Gasteiger partial charge in [-0.3, -0.25) is 10.1 Å². The van der Waals surface area contributed by atoms with Crippen molar-refractivity contribution in [1.29, 1.82) is 0 Å². The quantitative estimate of drug-likeness (QED) is 0.417. The van der Waals surface area contributed by atoms with Crippen LogP contribution >= 0.6 is 12.4 Å². The monoisotopic (exact) mass is 351 g/mol. The van der Waals surface area contributed by atoms with Crippen molar-refractivity contribution in [1.82, 2.24) is 9.62 Å². The predicted molar refractivity (Wildman–Crippen MR) is 87.9 cm³/mol. The molecule has 0 atom stereocenters. The predicted octanol–water partition coefficient (Wildman–Crippen LogP) is 2.03. The maximum Gasteiger partial charge on any atom is 0.289 e. The van der Waals surface area contributed by atoms with Gasteiger partial charge in [-0.05, 0) is 32.1 Å². The van der Waals surface area contributed by atoms with Crippen LogP contribution in [0, 0.1) is 10.1 Å². The maximum atomic E-state index is 12.1. The smallest absolute Gasteiger partial charge is 0.289 e. The van der Waals surface area contributed by atoms with Gasteiger partial charge in [0.1, 0.15) is 0 Å². The van der Waals surface area contributed by atoms with Crippen molar-refractivity contribution in [2.45, 2.75) is 25.2 Å². The highest BCUT2D eigenvalue weighted by molar-refractivity contribution is 7.89. The molecule has 9 heteroatoms. The molecule has 0 aliphatic rings. The van der Waals surface area contributed by atoms with Gasteiger partial charge in [0.15, 0.2) is 4.90 Å². The van der Waals surface area contributed by atoms with Crippen LogP contribution in [0.1, 0.15) is 20.3 Å². The lowest BCUT2D eigenvalue weighted by Gasteiger charge is -2.17. The Kier molecular flexibility index (Phi) is 9.19. The summed E-state index contributed by atoms with van der Waals surface area (Å²) in [5.74, 6) is 0. The lowest BCUT2D eigenvalue weighted by molar-refractivity contribution is -0.387. The van der Waals surface area contributed by atoms with Gasteiger partial charge in [0.2, 0.25) is 10.0 Å². The van der Waals surface area contributed by atoms with E-state index in [-0.39, 0.29) is 23.8 Å². The summed E-state index contributed by atoms with van der Waals surface area (Å²) >= 11 is 0. The van der Waals surface area contributed by atoms with Gasteiger partial charge in [0, 0.05) is 12.6 Å². The normalized spacial score (nSPS) is 11.2. The van der Waals surface area contributed by atoms with Crippen molar-refractivity contribution in [2.75, 3.05) is 26.2 Å². The Hall–Kier alpha value is -1.22. The summed E-state index contributed by atoms with van der Waals surface area (Å²) in [6.07, 6.45) is 0.654. The van der Waals surface area contributed by atoms with Gasteiger partial charge in [-0.1, -0.05) is 26.0 Å². The van der Waals surface area contributed by atoms with Crippen LogP contribution in [-0.2, 0) is 10.0 Å². The van der Waals surface area contributed by atoms with E-state index in [4.69, 9.17) is 0 Å². The Balaban J connectivity index is 0.00000441. The molecule has 1 N–H and O–H groups in total. The fraction of sp³-hybridized carbons (Fsp3) is 0.538. The molecule has 1 aromatic rings. The number of rotatable bonds is 9. The second-order valence-electron chi connectivity index (χ2n) is 4.50. The van der Waals surface area contributed by atoms with Gasteiger partial charge in [-0.15, -0.1) is 12.4 Å². The average Bonchev–Trinajstić information content (AvgIpc) is 2.47. The Bertz CT molecular complexity index is 576. The summed E-state index contributed by atoms with van der Waals surface area (Å²) in [7, 11) is -3.86. The number of hydrogen-bond acceptors (Lipinski definition) is 5. The minimum Gasteiger partial charge on any atom is -0.304 e. The van der Waals surface area contributed by atoms with Crippen LogP contribution in [0.2, 0.25) is 0 Å². The van der Waals surface area contributed by atoms with Gasteiger partial charge in [0.05, 0.1) is 4.92 Å². The number of sulfonamides is 1. The van der Waals surface area contributed by atoms with E-state index >= 15 is 0 Å². The molecule has 126 valence electrons. The number of hydrogen-bond donors (Lipinski definition) is 1. The van der Waals surface area contributed by atoms with Gasteiger partial charge >= 0.3 is 0 Å². The van der Waals surface area contributed by atoms with Crippen molar-refractivity contribution in [3.8, 4) is 0 Å². The number of nitrogens with one attached hydrogen (secondary N) is 1. The summed E-state index contributed by atoms with van der Waals surface area (Å²) < 4.78 is 26.6. The van der Waals surface area contributed by atoms with Crippen molar-refractivity contribution >= 4 is 28.1 Å². The molecule has 22 heavy (non-hydrogen) atoms. The minimum atomic E-state index is -3.86. The molecule has 0 aliphatic carbocycles. The summed E-state index contributed by atoms with van der Waals surface area (Å²) in [4.78, 5) is 12.1. The van der Waals surface area contributed by atoms with Crippen LogP contribution in [0.25, 0.3) is 0 Å². The summed E-state index contributed by atoms with van der Waals surface area (Å²) in [6.45, 7) is 6.94. The molecule has 1 aromatic carbocycles. The lowest BCUT2D eigenvalue weighted by Crippen LogP contribution is -2.30. The second-order valence-corrected chi connectivity index (χ2v) is 6.24. The van der Waals surface area contributed by atoms with Crippen LogP contribution in [0.3, 0.4) is 0 Å². The number of halogens is 1. The molecule has 7 nitrogen and oxygen atoms in total. The highest BCUT2D eigenvalue weighted by atomic mass is 35.5. The fourth-order valence-electron chi connectivity index (χ4n) is 1.96. The number of nitro benzene ring substituents is 1. The first-order valence-electron chi connectivity index (χ1n) is 6.87. The van der Waals surface area contributed by atoms with Gasteiger partial charge in [0.25, 0.3) is 5.69 Å². The number of nitro groups is 1. The summed E-state index contributed by atoms with van der Waals surface area (Å²) in [5, 5.41) is 10.9. The van der Waals surface area contributed by atoms with Crippen molar-refractivity contribution in [3.63, 3.8) is 0 Å². The van der Waals surface area contributed by atoms with Crippen molar-refractivity contribution in [2.24, 2.45) is 0 Å². The summed E-state index contributed by atoms with van der Waals surface area (Å²) in [5.41, 5.74) is -0.409. The average molecular weight is 352 g/mol. The lowest BCUT2D eigenvalue weighted by atomic mass is 10.3. The molecule has 0 saturated heterocycles. The molecular formula is C13H22ClN3O4S. The number of nitrogens with zero attached hydrogens (tertiary/aromatic N) is 2. The Morgan fingerprint density at radius 1 is 1.23 bits per heavy atom. The van der Waals surface area contributed by atoms with Gasteiger partial charge in [-0.2, -0.15) is 0 Å². The third-order valence-corrected chi connectivity index (χ3v) is 4.70. The zero-order valence-electron chi connectivity index (χ0n) is 12.7. The first-order valence-corrected chi connectivity index (χ1v) is 8.36. The zero-order chi connectivity index (χ0) is 15.9. The van der Waals surface area contributed by atoms with Crippen molar-refractivity contribution in [3.05, 3.63) is 34.4 Å². The van der Waals surface area contributed by atoms with Crippen LogP contribution in [0.15, 0.2) is 29.2 Å². The van der Waals surface area contributed by atoms with Gasteiger partial charge < -0.3 is 4.90 Å². The SMILES string of the molecule is CCN(CC)CCCNS(=O)(=O)c1ccccc1[N+](=O)[O-].Cl. The molecule has 0 fully saturated rings. The molecule has 0 aromatic heterocycles. The Labute approximate surface area is 137 Å². The van der Waals surface area contributed by atoms with Crippen LogP contribution in [0.4, 0.5) is 5.69 Å². The van der Waals surface area contributed by atoms with Crippen LogP contribution in [-0.4, -0.2) is 44.4 Å². The van der Waals surface area contributed by atoms with E-state index in [0.29, 0.717) is 6.42 Å². The largest absolute Gasteiger partial charge is 0.304 e. The molecule has 0 aliphatic heterocycles. The fourth-order valence-corrected chi connectivity index (χ4v) is 3.21. The number of benzene rings is 1. The zero-order valence-corrected chi connectivity index (χ0v) is 14.3. The van der Waals surface area contributed by atoms with E-state index in [2.05, 4.69) is 9.62 Å². The molecule has 0 bridgehead atoms. The molecule has 1 rings (SSSR count). The van der Waals surface area contributed by atoms with Crippen molar-refractivity contribution < 1.29 is 13.3 Å². The Morgan fingerprint density at radius 2 is 1.82 bits per heavy atom. The Morgan fingerprint density at radius 3 is 2.36 bits per heavy atom. The molecule has 0 radical (unpaired) electrons. The topological polar surface area (TPSA) is 92.6 Å². The van der Waals surface area contributed by atoms with E-state index < -0.39 is 20.6 Å². The van der Waals surface area contributed by atoms with Crippen LogP contribution < -0.4 is 4.72 Å². The molecule has 0 unspecified atom stereocenters. The highest BCUT2D eigenvalue weighted by Gasteiger charge is 2.24. The van der Waals surface area contributed by atoms with E-state index in [9.17, 15) is 18.5 Å². The van der Waals surface area contributed by atoms with E-state index in [1.54, 1.807) is 0 Å². The highest BCUT2D eigenvalue weighted by Crippen LogP contribution is 2.22. The first kappa shape index (κ1) is 20.8. The second kappa shape index (κ2) is 9.73. The minimum absolute atomic E-state index is 0. The van der Waals surface area contributed by atoms with E-state index in [1.165, 1.54) is 24.3 Å². The first-order chi connectivity index (χ1) is 9.92. The molecule has 0 heterocycles. The third kappa shape index (κ3) is 5.88. The molecular weight excluding hydrogens is 330 g/mol. The van der Waals surface area contributed by atoms with E-state index in [1.807, 2.05) is 13.8 Å². The van der Waals surface area contributed by atoms with E-state index in [0.717, 1.165) is 19.6 Å². The maximum absolute atomic E-state index is 12.1. The molecule has 0 amide bonds. The number of para-hydroxylation sites is 1. The third-order valence-electron chi connectivity index (χ3n) is 3.19. The standard InChI is InChI=1S/C13H21N3O4S.ClH/c1-3-15(4-2)11-7-10-14-21(19,20)13-9-6-5-8-12(13)16(17)18;/h5-6,8-9,14H,3-4,7,10-11H2,1-2H3;1H. The van der Waals surface area contributed by atoms with Crippen LogP contribution in [0.5, 0.6) is 0 Å².